The van der Waals surface area contributed by atoms with Gasteiger partial charge in [-0.3, -0.25) is 4.79 Å². The fourth-order valence-corrected chi connectivity index (χ4v) is 3.39. The van der Waals surface area contributed by atoms with Crippen molar-refractivity contribution in [3.63, 3.8) is 0 Å². The number of carbonyl (C=O) groups is 1. The Labute approximate surface area is 180 Å². The van der Waals surface area contributed by atoms with Gasteiger partial charge < -0.3 is 30.2 Å². The van der Waals surface area contributed by atoms with Crippen LogP contribution in [0.3, 0.4) is 0 Å². The molecule has 2 aromatic rings. The predicted octanol–water partition coefficient (Wildman–Crippen LogP) is 2.93. The summed E-state index contributed by atoms with van der Waals surface area (Å²) in [6.45, 7) is 0.817. The van der Waals surface area contributed by atoms with Gasteiger partial charge in [0.25, 0.3) is 5.91 Å². The molecule has 13 heteroatoms. The van der Waals surface area contributed by atoms with Crippen LogP contribution in [0.4, 0.5) is 19.0 Å². The SMILES string of the molecule is O=C(NC1CCC(NCCOc2ncc([N+](=O)[O-])[nH]2)CC1)c1ccc(OC(F)(F)F)cc1. The van der Waals surface area contributed by atoms with Crippen LogP contribution in [0.2, 0.25) is 0 Å². The van der Waals surface area contributed by atoms with E-state index in [9.17, 15) is 28.1 Å². The van der Waals surface area contributed by atoms with E-state index < -0.39 is 11.3 Å². The van der Waals surface area contributed by atoms with Crippen molar-refractivity contribution in [1.82, 2.24) is 20.6 Å². The van der Waals surface area contributed by atoms with Crippen molar-refractivity contribution in [1.29, 1.82) is 0 Å². The monoisotopic (exact) mass is 457 g/mol. The zero-order valence-electron chi connectivity index (χ0n) is 16.9. The highest BCUT2D eigenvalue weighted by Gasteiger charge is 2.31. The lowest BCUT2D eigenvalue weighted by Gasteiger charge is -2.29. The minimum atomic E-state index is -4.78. The fraction of sp³-hybridized carbons (Fsp3) is 0.474. The molecule has 1 saturated carbocycles. The molecule has 0 unspecified atom stereocenters. The first-order valence-electron chi connectivity index (χ1n) is 9.92. The van der Waals surface area contributed by atoms with Gasteiger partial charge in [0, 0.05) is 24.2 Å². The van der Waals surface area contributed by atoms with Crippen LogP contribution in [0, 0.1) is 10.1 Å². The molecule has 3 rings (SSSR count). The number of hydrogen-bond donors (Lipinski definition) is 3. The number of aromatic amines is 1. The Bertz CT molecular complexity index is 911. The summed E-state index contributed by atoms with van der Waals surface area (Å²) in [6, 6.07) is 5.10. The maximum atomic E-state index is 12.3. The van der Waals surface area contributed by atoms with Gasteiger partial charge in [-0.2, -0.15) is 9.97 Å². The predicted molar refractivity (Wildman–Crippen MR) is 105 cm³/mol. The first-order chi connectivity index (χ1) is 15.2. The Morgan fingerprint density at radius 3 is 2.44 bits per heavy atom. The third-order valence-electron chi connectivity index (χ3n) is 4.92. The van der Waals surface area contributed by atoms with Gasteiger partial charge in [-0.1, -0.05) is 0 Å². The molecule has 1 aliphatic carbocycles. The number of H-pyrrole nitrogens is 1. The molecular formula is C19H22F3N5O5. The van der Waals surface area contributed by atoms with Gasteiger partial charge in [-0.15, -0.1) is 13.2 Å². The van der Waals surface area contributed by atoms with Crippen molar-refractivity contribution < 1.29 is 32.4 Å². The molecule has 1 aliphatic rings. The van der Waals surface area contributed by atoms with Gasteiger partial charge in [-0.25, -0.2) is 0 Å². The summed E-state index contributed by atoms with van der Waals surface area (Å²) >= 11 is 0. The highest BCUT2D eigenvalue weighted by Crippen LogP contribution is 2.23. The summed E-state index contributed by atoms with van der Waals surface area (Å²) in [5.74, 6) is -0.963. The molecular weight excluding hydrogens is 435 g/mol. The zero-order chi connectivity index (χ0) is 23.1. The van der Waals surface area contributed by atoms with E-state index in [2.05, 4.69) is 25.3 Å². The number of ether oxygens (including phenoxy) is 2. The van der Waals surface area contributed by atoms with Crippen molar-refractivity contribution in [2.45, 2.75) is 44.1 Å². The third-order valence-corrected chi connectivity index (χ3v) is 4.92. The smallest absolute Gasteiger partial charge is 0.446 e. The van der Waals surface area contributed by atoms with Crippen LogP contribution in [0.5, 0.6) is 11.8 Å². The first-order valence-corrected chi connectivity index (χ1v) is 9.92. The van der Waals surface area contributed by atoms with Crippen molar-refractivity contribution >= 4 is 11.7 Å². The molecule has 174 valence electrons. The molecule has 1 fully saturated rings. The summed E-state index contributed by atoms with van der Waals surface area (Å²) in [4.78, 5) is 28.5. The summed E-state index contributed by atoms with van der Waals surface area (Å²) < 4.78 is 45.7. The van der Waals surface area contributed by atoms with E-state index >= 15 is 0 Å². The minimum Gasteiger partial charge on any atom is -0.446 e. The fourth-order valence-electron chi connectivity index (χ4n) is 3.39. The number of alkyl halides is 3. The van der Waals surface area contributed by atoms with Crippen molar-refractivity contribution in [3.05, 3.63) is 46.1 Å². The zero-order valence-corrected chi connectivity index (χ0v) is 16.9. The highest BCUT2D eigenvalue weighted by molar-refractivity contribution is 5.94. The molecule has 32 heavy (non-hydrogen) atoms. The number of halogens is 3. The molecule has 1 amide bonds. The third kappa shape index (κ3) is 7.11. The quantitative estimate of drug-likeness (QED) is 0.300. The lowest BCUT2D eigenvalue weighted by Crippen LogP contribution is -2.43. The Hall–Kier alpha value is -3.35. The van der Waals surface area contributed by atoms with Crippen LogP contribution in [0.25, 0.3) is 0 Å². The standard InChI is InChI=1S/C19H22F3N5O5/c20-19(21,22)32-15-7-1-12(2-8-15)17(28)25-14-5-3-13(4-6-14)23-9-10-31-18-24-11-16(26-18)27(29)30/h1-2,7-8,11,13-14,23H,3-6,9-10H2,(H,24,26)(H,25,28). The Morgan fingerprint density at radius 1 is 1.19 bits per heavy atom. The van der Waals surface area contributed by atoms with Crippen LogP contribution in [-0.4, -0.2) is 52.4 Å². The second-order valence-electron chi connectivity index (χ2n) is 7.23. The lowest BCUT2D eigenvalue weighted by molar-refractivity contribution is -0.389. The number of nitrogens with zero attached hydrogens (tertiary/aromatic N) is 2. The van der Waals surface area contributed by atoms with Crippen LogP contribution in [0.15, 0.2) is 30.5 Å². The average molecular weight is 457 g/mol. The van der Waals surface area contributed by atoms with Gasteiger partial charge >= 0.3 is 18.2 Å². The van der Waals surface area contributed by atoms with E-state index in [-0.39, 0.29) is 47.7 Å². The first kappa shape index (κ1) is 23.3. The van der Waals surface area contributed by atoms with Crippen molar-refractivity contribution in [2.24, 2.45) is 0 Å². The number of rotatable bonds is 9. The molecule has 0 spiro atoms. The van der Waals surface area contributed by atoms with Crippen molar-refractivity contribution in [2.75, 3.05) is 13.2 Å². The maximum Gasteiger partial charge on any atom is 0.573 e. The van der Waals surface area contributed by atoms with Gasteiger partial charge in [0.05, 0.1) is 0 Å². The molecule has 0 radical (unpaired) electrons. The molecule has 0 bridgehead atoms. The highest BCUT2D eigenvalue weighted by atomic mass is 19.4. The second kappa shape index (κ2) is 10.3. The van der Waals surface area contributed by atoms with Crippen LogP contribution in [-0.2, 0) is 0 Å². The number of carbonyl (C=O) groups excluding carboxylic acids is 1. The second-order valence-corrected chi connectivity index (χ2v) is 7.23. The van der Waals surface area contributed by atoms with Crippen LogP contribution >= 0.6 is 0 Å². The van der Waals surface area contributed by atoms with Crippen LogP contribution < -0.4 is 20.1 Å². The van der Waals surface area contributed by atoms with E-state index in [1.165, 1.54) is 12.1 Å². The van der Waals surface area contributed by atoms with Gasteiger partial charge in [0.15, 0.2) is 0 Å². The molecule has 10 nitrogen and oxygen atoms in total. The maximum absolute atomic E-state index is 12.3. The molecule has 3 N–H and O–H groups in total. The minimum absolute atomic E-state index is 0.0217. The van der Waals surface area contributed by atoms with Gasteiger partial charge in [0.1, 0.15) is 18.6 Å². The molecule has 1 heterocycles. The Kier molecular flexibility index (Phi) is 7.51. The number of aromatic nitrogens is 2. The largest absolute Gasteiger partial charge is 0.573 e. The topological polar surface area (TPSA) is 131 Å². The number of hydrogen-bond acceptors (Lipinski definition) is 7. The number of benzene rings is 1. The molecule has 0 saturated heterocycles. The van der Waals surface area contributed by atoms with E-state index in [0.717, 1.165) is 44.0 Å². The number of amides is 1. The summed E-state index contributed by atoms with van der Waals surface area (Å²) in [7, 11) is 0. The van der Waals surface area contributed by atoms with Crippen LogP contribution in [0.1, 0.15) is 36.0 Å². The van der Waals surface area contributed by atoms with Crippen molar-refractivity contribution in [3.8, 4) is 11.8 Å². The van der Waals surface area contributed by atoms with Gasteiger partial charge in [0.2, 0.25) is 0 Å². The average Bonchev–Trinajstić information content (AvgIpc) is 3.21. The summed E-state index contributed by atoms with van der Waals surface area (Å²) in [5.41, 5.74) is 0.259. The Balaban J connectivity index is 1.33. The van der Waals surface area contributed by atoms with E-state index in [0.29, 0.717) is 6.54 Å². The van der Waals surface area contributed by atoms with E-state index in [4.69, 9.17) is 4.74 Å². The summed E-state index contributed by atoms with van der Waals surface area (Å²) in [6.07, 6.45) is -0.524. The molecule has 1 aromatic carbocycles. The molecule has 1 aromatic heterocycles. The normalized spacial score (nSPS) is 18.7. The number of imidazole rings is 1. The Morgan fingerprint density at radius 2 is 1.84 bits per heavy atom. The number of nitro groups is 1. The summed E-state index contributed by atoms with van der Waals surface area (Å²) in [5, 5.41) is 16.8. The van der Waals surface area contributed by atoms with E-state index in [1.807, 2.05) is 0 Å². The molecule has 0 aliphatic heterocycles. The molecule has 0 atom stereocenters. The number of nitrogens with one attached hydrogen (secondary N) is 3. The lowest BCUT2D eigenvalue weighted by atomic mass is 9.91. The van der Waals surface area contributed by atoms with E-state index in [1.54, 1.807) is 0 Å². The van der Waals surface area contributed by atoms with Gasteiger partial charge in [-0.05, 0) is 54.9 Å².